The third kappa shape index (κ3) is 5.11. The molecule has 0 bridgehead atoms. The monoisotopic (exact) mass is 463 g/mol. The van der Waals surface area contributed by atoms with Crippen molar-refractivity contribution in [3.8, 4) is 11.1 Å². The van der Waals surface area contributed by atoms with Gasteiger partial charge in [-0.25, -0.2) is 18.6 Å². The molecule has 0 unspecified atom stereocenters. The van der Waals surface area contributed by atoms with E-state index in [1.165, 1.54) is 24.3 Å². The minimum absolute atomic E-state index is 0.0165. The summed E-state index contributed by atoms with van der Waals surface area (Å²) in [5.74, 6) is -1.53. The van der Waals surface area contributed by atoms with Crippen molar-refractivity contribution in [3.05, 3.63) is 89.2 Å². The summed E-state index contributed by atoms with van der Waals surface area (Å²) in [4.78, 5) is 31.9. The fraction of sp³-hybridized carbons (Fsp3) is 0.192. The molecule has 0 aliphatic heterocycles. The first-order valence-electron chi connectivity index (χ1n) is 10.8. The molecule has 8 heteroatoms. The van der Waals surface area contributed by atoms with Crippen LogP contribution in [0.3, 0.4) is 0 Å². The van der Waals surface area contributed by atoms with E-state index in [9.17, 15) is 18.4 Å². The number of nitrogens with zero attached hydrogens (tertiary/aromatic N) is 1. The predicted octanol–water partition coefficient (Wildman–Crippen LogP) is 4.93. The number of amides is 1. The number of hydrogen-bond donors (Lipinski definition) is 2. The number of carbonyl (C=O) groups excluding carboxylic acids is 2. The van der Waals surface area contributed by atoms with E-state index in [0.29, 0.717) is 18.4 Å². The molecule has 2 N–H and O–H groups in total. The minimum Gasteiger partial charge on any atom is -0.465 e. The van der Waals surface area contributed by atoms with Crippen molar-refractivity contribution in [2.75, 3.05) is 7.11 Å². The molecule has 1 heterocycles. The molecule has 0 aliphatic carbocycles. The summed E-state index contributed by atoms with van der Waals surface area (Å²) in [5.41, 5.74) is 2.43. The van der Waals surface area contributed by atoms with Gasteiger partial charge in [0.1, 0.15) is 23.0 Å². The molecule has 4 rings (SSSR count). The number of hydrogen-bond acceptors (Lipinski definition) is 4. The SMILES string of the molecule is COC(=O)c1c(F)cccc1-c1ccc(CNC(=O)CCCc2nc3ccccc3[nH]2)c(F)c1. The van der Waals surface area contributed by atoms with E-state index in [1.807, 2.05) is 24.3 Å². The zero-order chi connectivity index (χ0) is 24.1. The van der Waals surface area contributed by atoms with Crippen LogP contribution in [0.4, 0.5) is 8.78 Å². The van der Waals surface area contributed by atoms with E-state index in [4.69, 9.17) is 0 Å². The van der Waals surface area contributed by atoms with Crippen molar-refractivity contribution in [1.82, 2.24) is 15.3 Å². The first kappa shape index (κ1) is 23.1. The second-order valence-corrected chi connectivity index (χ2v) is 7.79. The van der Waals surface area contributed by atoms with E-state index in [1.54, 1.807) is 6.07 Å². The van der Waals surface area contributed by atoms with Crippen molar-refractivity contribution in [2.24, 2.45) is 0 Å². The van der Waals surface area contributed by atoms with Gasteiger partial charge in [-0.05, 0) is 41.8 Å². The standard InChI is InChI=1S/C26H23F2N3O3/c1-34-26(33)25-18(6-4-7-19(25)27)16-12-13-17(20(28)14-16)15-29-24(32)11-5-10-23-30-21-8-2-3-9-22(21)31-23/h2-4,6-9,12-14H,5,10-11,15H2,1H3,(H,29,32)(H,30,31). The van der Waals surface area contributed by atoms with Gasteiger partial charge in [0.2, 0.25) is 5.91 Å². The molecule has 34 heavy (non-hydrogen) atoms. The lowest BCUT2D eigenvalue weighted by Crippen LogP contribution is -2.23. The summed E-state index contributed by atoms with van der Waals surface area (Å²) in [6.45, 7) is 0.0165. The van der Waals surface area contributed by atoms with E-state index >= 15 is 0 Å². The molecular weight excluding hydrogens is 440 g/mol. The van der Waals surface area contributed by atoms with Crippen molar-refractivity contribution in [2.45, 2.75) is 25.8 Å². The lowest BCUT2D eigenvalue weighted by Gasteiger charge is -2.11. The van der Waals surface area contributed by atoms with Crippen molar-refractivity contribution in [1.29, 1.82) is 0 Å². The summed E-state index contributed by atoms with van der Waals surface area (Å²) in [7, 11) is 1.15. The van der Waals surface area contributed by atoms with Crippen LogP contribution in [0.15, 0.2) is 60.7 Å². The average Bonchev–Trinajstić information content (AvgIpc) is 3.25. The number of benzene rings is 3. The number of fused-ring (bicyclic) bond motifs is 1. The van der Waals surface area contributed by atoms with Crippen molar-refractivity contribution in [3.63, 3.8) is 0 Å². The van der Waals surface area contributed by atoms with E-state index in [2.05, 4.69) is 20.0 Å². The molecule has 4 aromatic rings. The second-order valence-electron chi connectivity index (χ2n) is 7.79. The number of halogens is 2. The van der Waals surface area contributed by atoms with Crippen LogP contribution < -0.4 is 5.32 Å². The van der Waals surface area contributed by atoms with Gasteiger partial charge in [0, 0.05) is 24.9 Å². The van der Waals surface area contributed by atoms with Gasteiger partial charge in [0.05, 0.1) is 18.1 Å². The van der Waals surface area contributed by atoms with Gasteiger partial charge in [-0.1, -0.05) is 36.4 Å². The highest BCUT2D eigenvalue weighted by Gasteiger charge is 2.19. The number of aryl methyl sites for hydroxylation is 1. The fourth-order valence-corrected chi connectivity index (χ4v) is 3.76. The predicted molar refractivity (Wildman–Crippen MR) is 124 cm³/mol. The van der Waals surface area contributed by atoms with Crippen molar-refractivity contribution >= 4 is 22.9 Å². The molecule has 174 valence electrons. The third-order valence-corrected chi connectivity index (χ3v) is 5.50. The highest BCUT2D eigenvalue weighted by Crippen LogP contribution is 2.28. The number of para-hydroxylation sites is 2. The van der Waals surface area contributed by atoms with Crippen molar-refractivity contribution < 1.29 is 23.1 Å². The Kier molecular flexibility index (Phi) is 6.96. The smallest absolute Gasteiger partial charge is 0.341 e. The zero-order valence-electron chi connectivity index (χ0n) is 18.5. The Hall–Kier alpha value is -4.07. The van der Waals surface area contributed by atoms with Gasteiger partial charge in [-0.15, -0.1) is 0 Å². The number of carbonyl (C=O) groups is 2. The van der Waals surface area contributed by atoms with Crippen LogP contribution in [0, 0.1) is 11.6 Å². The Labute approximate surface area is 195 Å². The maximum absolute atomic E-state index is 14.7. The number of esters is 1. The maximum Gasteiger partial charge on any atom is 0.341 e. The minimum atomic E-state index is -0.840. The first-order valence-corrected chi connectivity index (χ1v) is 10.8. The van der Waals surface area contributed by atoms with Gasteiger partial charge < -0.3 is 15.0 Å². The Morgan fingerprint density at radius 3 is 2.62 bits per heavy atom. The normalized spacial score (nSPS) is 10.9. The van der Waals surface area contributed by atoms with Crippen LogP contribution in [0.25, 0.3) is 22.2 Å². The van der Waals surface area contributed by atoms with E-state index in [0.717, 1.165) is 30.0 Å². The molecule has 0 saturated carbocycles. The molecule has 0 aliphatic rings. The number of H-pyrrole nitrogens is 1. The van der Waals surface area contributed by atoms with Crippen LogP contribution in [0.5, 0.6) is 0 Å². The maximum atomic E-state index is 14.7. The lowest BCUT2D eigenvalue weighted by atomic mass is 9.98. The first-order chi connectivity index (χ1) is 16.5. The number of ether oxygens (including phenoxy) is 1. The van der Waals surface area contributed by atoms with E-state index in [-0.39, 0.29) is 35.6 Å². The number of aromatic amines is 1. The van der Waals surface area contributed by atoms with Gasteiger partial charge in [0.25, 0.3) is 0 Å². The summed E-state index contributed by atoms with van der Waals surface area (Å²) >= 11 is 0. The summed E-state index contributed by atoms with van der Waals surface area (Å²) in [5, 5.41) is 2.72. The number of methoxy groups -OCH3 is 1. The van der Waals surface area contributed by atoms with Crippen LogP contribution in [-0.2, 0) is 22.5 Å². The molecule has 1 aromatic heterocycles. The zero-order valence-corrected chi connectivity index (χ0v) is 18.5. The van der Waals surface area contributed by atoms with Gasteiger partial charge in [0.15, 0.2) is 0 Å². The molecule has 1 amide bonds. The fourth-order valence-electron chi connectivity index (χ4n) is 3.76. The molecule has 6 nitrogen and oxygen atoms in total. The van der Waals surface area contributed by atoms with Crippen LogP contribution in [0.2, 0.25) is 0 Å². The number of nitrogens with one attached hydrogen (secondary N) is 2. The van der Waals surface area contributed by atoms with Crippen LogP contribution >= 0.6 is 0 Å². The van der Waals surface area contributed by atoms with Gasteiger partial charge in [-0.2, -0.15) is 0 Å². The highest BCUT2D eigenvalue weighted by atomic mass is 19.1. The second kappa shape index (κ2) is 10.2. The molecule has 0 fully saturated rings. The molecule has 0 radical (unpaired) electrons. The van der Waals surface area contributed by atoms with Crippen LogP contribution in [-0.4, -0.2) is 29.0 Å². The summed E-state index contributed by atoms with van der Waals surface area (Å²) in [6.07, 6.45) is 1.51. The largest absolute Gasteiger partial charge is 0.465 e. The summed E-state index contributed by atoms with van der Waals surface area (Å²) in [6, 6.07) is 16.1. The average molecular weight is 463 g/mol. The van der Waals surface area contributed by atoms with E-state index < -0.39 is 17.6 Å². The number of imidazole rings is 1. The number of rotatable bonds is 8. The molecule has 0 atom stereocenters. The van der Waals surface area contributed by atoms with Gasteiger partial charge in [-0.3, -0.25) is 4.79 Å². The Balaban J connectivity index is 1.34. The molecule has 3 aromatic carbocycles. The molecule has 0 saturated heterocycles. The topological polar surface area (TPSA) is 84.1 Å². The Morgan fingerprint density at radius 2 is 1.85 bits per heavy atom. The lowest BCUT2D eigenvalue weighted by molar-refractivity contribution is -0.121. The summed E-state index contributed by atoms with van der Waals surface area (Å²) < 4.78 is 33.5. The van der Waals surface area contributed by atoms with Crippen LogP contribution in [0.1, 0.15) is 34.6 Å². The Morgan fingerprint density at radius 1 is 1.03 bits per heavy atom. The Bertz CT molecular complexity index is 1320. The quantitative estimate of drug-likeness (QED) is 0.363. The molecular formula is C26H23F2N3O3. The molecule has 0 spiro atoms. The van der Waals surface area contributed by atoms with Gasteiger partial charge >= 0.3 is 5.97 Å². The third-order valence-electron chi connectivity index (χ3n) is 5.50. The number of aromatic nitrogens is 2. The highest BCUT2D eigenvalue weighted by molar-refractivity contribution is 5.97.